The van der Waals surface area contributed by atoms with Crippen LogP contribution in [0, 0.1) is 0 Å². The first-order valence-electron chi connectivity index (χ1n) is 9.74. The lowest BCUT2D eigenvalue weighted by molar-refractivity contribution is 0.226. The number of hydrogen-bond acceptors (Lipinski definition) is 7. The SMILES string of the molecule is CCSc1nnc2c(n1)OC(c1ccc(OC)c3ccccc13)Nc1ccccc1-2. The third kappa shape index (κ3) is 3.21. The van der Waals surface area contributed by atoms with Crippen LogP contribution in [0.5, 0.6) is 11.6 Å². The van der Waals surface area contributed by atoms with Crippen LogP contribution in [0.25, 0.3) is 22.0 Å². The summed E-state index contributed by atoms with van der Waals surface area (Å²) in [5.41, 5.74) is 3.48. The molecule has 1 atom stereocenters. The molecule has 150 valence electrons. The third-order valence-corrected chi connectivity index (χ3v) is 5.75. The van der Waals surface area contributed by atoms with Gasteiger partial charge in [0.05, 0.1) is 7.11 Å². The molecule has 4 aromatic rings. The highest BCUT2D eigenvalue weighted by atomic mass is 32.2. The topological polar surface area (TPSA) is 69.2 Å². The minimum absolute atomic E-state index is 0.445. The summed E-state index contributed by atoms with van der Waals surface area (Å²) in [7, 11) is 1.68. The van der Waals surface area contributed by atoms with E-state index in [0.29, 0.717) is 16.7 Å². The van der Waals surface area contributed by atoms with E-state index < -0.39 is 6.23 Å². The highest BCUT2D eigenvalue weighted by Gasteiger charge is 2.27. The smallest absolute Gasteiger partial charge is 0.247 e. The van der Waals surface area contributed by atoms with Gasteiger partial charge in [0.2, 0.25) is 11.0 Å². The summed E-state index contributed by atoms with van der Waals surface area (Å²) < 4.78 is 12.0. The van der Waals surface area contributed by atoms with E-state index >= 15 is 0 Å². The number of benzene rings is 3. The Hall–Kier alpha value is -3.32. The van der Waals surface area contributed by atoms with E-state index in [1.807, 2.05) is 48.5 Å². The number of nitrogens with zero attached hydrogens (tertiary/aromatic N) is 3. The molecule has 5 rings (SSSR count). The number of para-hydroxylation sites is 1. The van der Waals surface area contributed by atoms with Crippen LogP contribution in [-0.4, -0.2) is 28.0 Å². The molecule has 0 bridgehead atoms. The molecule has 7 heteroatoms. The molecule has 0 aliphatic carbocycles. The van der Waals surface area contributed by atoms with E-state index in [4.69, 9.17) is 9.47 Å². The van der Waals surface area contributed by atoms with Gasteiger partial charge in [-0.15, -0.1) is 10.2 Å². The quantitative estimate of drug-likeness (QED) is 0.452. The molecule has 1 N–H and O–H groups in total. The fraction of sp³-hybridized carbons (Fsp3) is 0.174. The van der Waals surface area contributed by atoms with Crippen LogP contribution in [0.15, 0.2) is 65.8 Å². The summed E-state index contributed by atoms with van der Waals surface area (Å²) in [6, 6.07) is 20.1. The summed E-state index contributed by atoms with van der Waals surface area (Å²) >= 11 is 1.54. The Morgan fingerprint density at radius 2 is 1.80 bits per heavy atom. The van der Waals surface area contributed by atoms with Crippen LogP contribution >= 0.6 is 11.8 Å². The van der Waals surface area contributed by atoms with Crippen LogP contribution in [0.4, 0.5) is 5.69 Å². The van der Waals surface area contributed by atoms with E-state index in [-0.39, 0.29) is 0 Å². The van der Waals surface area contributed by atoms with Gasteiger partial charge in [-0.05, 0) is 29.3 Å². The highest BCUT2D eigenvalue weighted by Crippen LogP contribution is 2.41. The molecule has 0 fully saturated rings. The van der Waals surface area contributed by atoms with E-state index in [2.05, 4.69) is 39.6 Å². The normalized spacial score (nSPS) is 14.8. The zero-order valence-electron chi connectivity index (χ0n) is 16.6. The van der Waals surface area contributed by atoms with Crippen molar-refractivity contribution in [1.82, 2.24) is 15.2 Å². The first-order chi connectivity index (χ1) is 14.8. The summed E-state index contributed by atoms with van der Waals surface area (Å²) in [5, 5.41) is 14.9. The number of ether oxygens (including phenoxy) is 2. The van der Waals surface area contributed by atoms with Crippen LogP contribution in [0.2, 0.25) is 0 Å². The molecule has 0 saturated heterocycles. The molecule has 30 heavy (non-hydrogen) atoms. The highest BCUT2D eigenvalue weighted by molar-refractivity contribution is 7.99. The summed E-state index contributed by atoms with van der Waals surface area (Å²) in [4.78, 5) is 4.65. The number of methoxy groups -OCH3 is 1. The predicted octanol–water partition coefficient (Wildman–Crippen LogP) is 5.32. The minimum Gasteiger partial charge on any atom is -0.496 e. The van der Waals surface area contributed by atoms with Gasteiger partial charge in [-0.25, -0.2) is 0 Å². The molecule has 0 amide bonds. The van der Waals surface area contributed by atoms with Crippen LogP contribution < -0.4 is 14.8 Å². The average molecular weight is 417 g/mol. The van der Waals surface area contributed by atoms with Crippen molar-refractivity contribution in [3.8, 4) is 22.9 Å². The Labute approximate surface area is 178 Å². The van der Waals surface area contributed by atoms with E-state index in [1.165, 1.54) is 11.8 Å². The molecule has 3 aromatic carbocycles. The maximum absolute atomic E-state index is 6.42. The van der Waals surface area contributed by atoms with Gasteiger partial charge in [-0.3, -0.25) is 0 Å². The minimum atomic E-state index is -0.445. The summed E-state index contributed by atoms with van der Waals surface area (Å²) in [6.07, 6.45) is -0.445. The number of fused-ring (bicyclic) bond motifs is 4. The van der Waals surface area contributed by atoms with Gasteiger partial charge in [-0.2, -0.15) is 4.98 Å². The molecular formula is C23H20N4O2S. The lowest BCUT2D eigenvalue weighted by Crippen LogP contribution is -2.17. The molecule has 2 heterocycles. The van der Waals surface area contributed by atoms with Crippen molar-refractivity contribution in [2.75, 3.05) is 18.2 Å². The van der Waals surface area contributed by atoms with Crippen LogP contribution in [0.1, 0.15) is 18.7 Å². The standard InChI is InChI=1S/C23H20N4O2S/c1-3-30-23-25-22-20(26-27-23)17-10-6-7-11-18(17)24-21(29-22)16-12-13-19(28-2)15-9-5-4-8-14(15)16/h4-13,21,24H,3H2,1-2H3. The van der Waals surface area contributed by atoms with Crippen molar-refractivity contribution in [2.24, 2.45) is 0 Å². The fourth-order valence-electron chi connectivity index (χ4n) is 3.68. The second kappa shape index (κ2) is 7.84. The van der Waals surface area contributed by atoms with Gasteiger partial charge in [0.1, 0.15) is 5.75 Å². The lowest BCUT2D eigenvalue weighted by atomic mass is 10.0. The third-order valence-electron chi connectivity index (χ3n) is 5.03. The van der Waals surface area contributed by atoms with E-state index in [0.717, 1.165) is 39.1 Å². The zero-order valence-corrected chi connectivity index (χ0v) is 17.4. The molecule has 0 radical (unpaired) electrons. The molecule has 1 aromatic heterocycles. The van der Waals surface area contributed by atoms with Crippen molar-refractivity contribution in [3.63, 3.8) is 0 Å². The van der Waals surface area contributed by atoms with E-state index in [1.54, 1.807) is 7.11 Å². The molecule has 6 nitrogen and oxygen atoms in total. The maximum Gasteiger partial charge on any atom is 0.247 e. The van der Waals surface area contributed by atoms with Crippen LogP contribution in [0.3, 0.4) is 0 Å². The van der Waals surface area contributed by atoms with Gasteiger partial charge in [0.25, 0.3) is 0 Å². The summed E-state index contributed by atoms with van der Waals surface area (Å²) in [6.45, 7) is 2.06. The Kier molecular flexibility index (Phi) is 4.88. The Morgan fingerprint density at radius 1 is 1.00 bits per heavy atom. The lowest BCUT2D eigenvalue weighted by Gasteiger charge is -2.21. The number of anilines is 1. The van der Waals surface area contributed by atoms with Gasteiger partial charge in [0, 0.05) is 22.2 Å². The zero-order chi connectivity index (χ0) is 20.5. The van der Waals surface area contributed by atoms with E-state index in [9.17, 15) is 0 Å². The van der Waals surface area contributed by atoms with Crippen LogP contribution in [-0.2, 0) is 0 Å². The van der Waals surface area contributed by atoms with Crippen molar-refractivity contribution in [2.45, 2.75) is 18.3 Å². The molecule has 1 aliphatic rings. The number of nitrogens with one attached hydrogen (secondary N) is 1. The Morgan fingerprint density at radius 3 is 2.63 bits per heavy atom. The first-order valence-corrected chi connectivity index (χ1v) is 10.7. The number of hydrogen-bond donors (Lipinski definition) is 1. The first kappa shape index (κ1) is 18.7. The maximum atomic E-state index is 6.42. The van der Waals surface area contributed by atoms with Gasteiger partial charge < -0.3 is 14.8 Å². The van der Waals surface area contributed by atoms with Crippen molar-refractivity contribution >= 4 is 28.2 Å². The number of rotatable bonds is 4. The summed E-state index contributed by atoms with van der Waals surface area (Å²) in [5.74, 6) is 2.17. The van der Waals surface area contributed by atoms with Crippen molar-refractivity contribution in [1.29, 1.82) is 0 Å². The second-order valence-corrected chi connectivity index (χ2v) is 8.00. The average Bonchev–Trinajstić information content (AvgIpc) is 2.95. The largest absolute Gasteiger partial charge is 0.496 e. The number of aromatic nitrogens is 3. The number of thioether (sulfide) groups is 1. The Bertz CT molecular complexity index is 1230. The molecule has 0 saturated carbocycles. The predicted molar refractivity (Wildman–Crippen MR) is 119 cm³/mol. The second-order valence-electron chi connectivity index (χ2n) is 6.77. The fourth-order valence-corrected chi connectivity index (χ4v) is 4.18. The van der Waals surface area contributed by atoms with Crippen molar-refractivity contribution < 1.29 is 9.47 Å². The van der Waals surface area contributed by atoms with Gasteiger partial charge in [0.15, 0.2) is 11.9 Å². The van der Waals surface area contributed by atoms with Gasteiger partial charge in [-0.1, -0.05) is 61.2 Å². The molecule has 1 unspecified atom stereocenters. The molecule has 1 aliphatic heterocycles. The Balaban J connectivity index is 1.68. The monoisotopic (exact) mass is 416 g/mol. The van der Waals surface area contributed by atoms with Gasteiger partial charge >= 0.3 is 0 Å². The van der Waals surface area contributed by atoms with Crippen molar-refractivity contribution in [3.05, 3.63) is 66.2 Å². The molecule has 0 spiro atoms. The molecular weight excluding hydrogens is 396 g/mol.